The van der Waals surface area contributed by atoms with E-state index in [4.69, 9.17) is 9.47 Å². The first-order chi connectivity index (χ1) is 10.7. The monoisotopic (exact) mass is 297 g/mol. The summed E-state index contributed by atoms with van der Waals surface area (Å²) < 4.78 is 10.6. The van der Waals surface area contributed by atoms with E-state index in [1.165, 1.54) is 25.6 Å². The van der Waals surface area contributed by atoms with Crippen LogP contribution in [-0.4, -0.2) is 22.0 Å². The zero-order valence-electron chi connectivity index (χ0n) is 11.6. The lowest BCUT2D eigenvalue weighted by atomic mass is 10.2. The van der Waals surface area contributed by atoms with Crippen molar-refractivity contribution in [2.24, 2.45) is 0 Å². The van der Waals surface area contributed by atoms with Crippen LogP contribution in [-0.2, 0) is 0 Å². The van der Waals surface area contributed by atoms with Crippen LogP contribution >= 0.6 is 0 Å². The van der Waals surface area contributed by atoms with Crippen LogP contribution in [0.15, 0.2) is 48.8 Å². The highest BCUT2D eigenvalue weighted by molar-refractivity contribution is 5.83. The van der Waals surface area contributed by atoms with Gasteiger partial charge >= 0.3 is 5.69 Å². The fourth-order valence-electron chi connectivity index (χ4n) is 2.02. The molecule has 0 atom stereocenters. The minimum Gasteiger partial charge on any atom is -0.496 e. The third kappa shape index (κ3) is 2.51. The summed E-state index contributed by atoms with van der Waals surface area (Å²) in [5.41, 5.74) is 0.505. The van der Waals surface area contributed by atoms with Crippen molar-refractivity contribution in [3.8, 4) is 17.4 Å². The van der Waals surface area contributed by atoms with Crippen molar-refractivity contribution < 1.29 is 14.4 Å². The molecular formula is C15H11N3O4. The van der Waals surface area contributed by atoms with Gasteiger partial charge < -0.3 is 9.47 Å². The van der Waals surface area contributed by atoms with Gasteiger partial charge in [0.2, 0.25) is 11.6 Å². The second kappa shape index (κ2) is 5.65. The molecule has 7 heteroatoms. The highest BCUT2D eigenvalue weighted by Gasteiger charge is 2.18. The molecule has 0 radical (unpaired) electrons. The van der Waals surface area contributed by atoms with Crippen molar-refractivity contribution in [3.63, 3.8) is 0 Å². The van der Waals surface area contributed by atoms with Crippen LogP contribution in [0.5, 0.6) is 17.4 Å². The molecular weight excluding hydrogens is 286 g/mol. The lowest BCUT2D eigenvalue weighted by Gasteiger charge is -2.08. The van der Waals surface area contributed by atoms with E-state index < -0.39 is 4.92 Å². The van der Waals surface area contributed by atoms with Gasteiger partial charge in [-0.2, -0.15) is 0 Å². The number of hydrogen-bond acceptors (Lipinski definition) is 6. The Morgan fingerprint density at radius 1 is 1.14 bits per heavy atom. The average Bonchev–Trinajstić information content (AvgIpc) is 2.55. The zero-order chi connectivity index (χ0) is 15.5. The Bertz CT molecular complexity index is 846. The first kappa shape index (κ1) is 13.7. The summed E-state index contributed by atoms with van der Waals surface area (Å²) in [6.45, 7) is 0. The third-order valence-corrected chi connectivity index (χ3v) is 3.08. The smallest absolute Gasteiger partial charge is 0.315 e. The molecule has 3 rings (SSSR count). The zero-order valence-corrected chi connectivity index (χ0v) is 11.6. The summed E-state index contributed by atoms with van der Waals surface area (Å²) in [4.78, 5) is 18.8. The molecule has 0 aliphatic heterocycles. The van der Waals surface area contributed by atoms with E-state index in [0.29, 0.717) is 16.7 Å². The van der Waals surface area contributed by atoms with Crippen LogP contribution in [0.3, 0.4) is 0 Å². The standard InChI is InChI=1S/C15H11N3O4/c1-21-10-6-7-14(13(8-10)18(19)20)22-15-11-4-2-3-5-12(11)16-9-17-15/h2-9H,1H3. The van der Waals surface area contributed by atoms with Gasteiger partial charge in [0, 0.05) is 0 Å². The minimum atomic E-state index is -0.527. The molecule has 1 aromatic heterocycles. The van der Waals surface area contributed by atoms with E-state index in [1.54, 1.807) is 12.1 Å². The van der Waals surface area contributed by atoms with E-state index in [1.807, 2.05) is 18.2 Å². The molecule has 22 heavy (non-hydrogen) atoms. The number of methoxy groups -OCH3 is 1. The van der Waals surface area contributed by atoms with Crippen molar-refractivity contribution in [1.29, 1.82) is 0 Å². The molecule has 1 heterocycles. The van der Waals surface area contributed by atoms with E-state index in [-0.39, 0.29) is 17.3 Å². The van der Waals surface area contributed by atoms with Gasteiger partial charge in [0.05, 0.1) is 29.0 Å². The largest absolute Gasteiger partial charge is 0.496 e. The lowest BCUT2D eigenvalue weighted by Crippen LogP contribution is -1.96. The highest BCUT2D eigenvalue weighted by Crippen LogP contribution is 2.35. The van der Waals surface area contributed by atoms with Gasteiger partial charge in [0.25, 0.3) is 0 Å². The Labute approximate surface area is 125 Å². The molecule has 0 aliphatic rings. The van der Waals surface area contributed by atoms with Crippen molar-refractivity contribution >= 4 is 16.6 Å². The average molecular weight is 297 g/mol. The van der Waals surface area contributed by atoms with Gasteiger partial charge in [0.15, 0.2) is 0 Å². The molecule has 0 saturated heterocycles. The van der Waals surface area contributed by atoms with E-state index in [9.17, 15) is 10.1 Å². The Morgan fingerprint density at radius 2 is 1.95 bits per heavy atom. The van der Waals surface area contributed by atoms with Crippen LogP contribution in [0.1, 0.15) is 0 Å². The molecule has 0 aliphatic carbocycles. The normalized spacial score (nSPS) is 10.4. The number of hydrogen-bond donors (Lipinski definition) is 0. The summed E-state index contributed by atoms with van der Waals surface area (Å²) in [5.74, 6) is 0.736. The molecule has 3 aromatic rings. The van der Waals surface area contributed by atoms with Gasteiger partial charge in [-0.05, 0) is 24.3 Å². The molecule has 110 valence electrons. The van der Waals surface area contributed by atoms with Crippen molar-refractivity contribution in [2.45, 2.75) is 0 Å². The third-order valence-electron chi connectivity index (χ3n) is 3.08. The highest BCUT2D eigenvalue weighted by atomic mass is 16.6. The van der Waals surface area contributed by atoms with E-state index >= 15 is 0 Å². The molecule has 7 nitrogen and oxygen atoms in total. The topological polar surface area (TPSA) is 87.4 Å². The molecule has 0 N–H and O–H groups in total. The Kier molecular flexibility index (Phi) is 3.53. The predicted octanol–water partition coefficient (Wildman–Crippen LogP) is 3.34. The maximum atomic E-state index is 11.2. The number of nitro groups is 1. The maximum Gasteiger partial charge on any atom is 0.315 e. The summed E-state index contributed by atoms with van der Waals surface area (Å²) in [6, 6.07) is 11.6. The number of rotatable bonds is 4. The molecule has 0 fully saturated rings. The van der Waals surface area contributed by atoms with Crippen molar-refractivity contribution in [1.82, 2.24) is 9.97 Å². The predicted molar refractivity (Wildman–Crippen MR) is 79.3 cm³/mol. The fourth-order valence-corrected chi connectivity index (χ4v) is 2.02. The Hall–Kier alpha value is -3.22. The number of fused-ring (bicyclic) bond motifs is 1. The lowest BCUT2D eigenvalue weighted by molar-refractivity contribution is -0.385. The summed E-state index contributed by atoms with van der Waals surface area (Å²) in [7, 11) is 1.44. The quantitative estimate of drug-likeness (QED) is 0.542. The molecule has 0 unspecified atom stereocenters. The van der Waals surface area contributed by atoms with Crippen LogP contribution in [0.25, 0.3) is 10.9 Å². The molecule has 2 aromatic carbocycles. The minimum absolute atomic E-state index is 0.0923. The van der Waals surface area contributed by atoms with E-state index in [0.717, 1.165) is 0 Å². The van der Waals surface area contributed by atoms with Crippen LogP contribution in [0, 0.1) is 10.1 Å². The number of benzene rings is 2. The first-order valence-corrected chi connectivity index (χ1v) is 6.39. The number of nitrogens with zero attached hydrogens (tertiary/aromatic N) is 3. The van der Waals surface area contributed by atoms with Gasteiger partial charge in [-0.25, -0.2) is 9.97 Å². The van der Waals surface area contributed by atoms with Gasteiger partial charge in [-0.1, -0.05) is 12.1 Å². The number of aromatic nitrogens is 2. The number of ether oxygens (including phenoxy) is 2. The van der Waals surface area contributed by atoms with Crippen molar-refractivity contribution in [3.05, 3.63) is 58.9 Å². The summed E-state index contributed by atoms with van der Waals surface area (Å²) in [6.07, 6.45) is 1.35. The Balaban J connectivity index is 2.07. The molecule has 0 saturated carbocycles. The maximum absolute atomic E-state index is 11.2. The molecule has 0 bridgehead atoms. The van der Waals surface area contributed by atoms with Crippen LogP contribution < -0.4 is 9.47 Å². The number of para-hydroxylation sites is 1. The van der Waals surface area contributed by atoms with Crippen molar-refractivity contribution in [2.75, 3.05) is 7.11 Å². The SMILES string of the molecule is COc1ccc(Oc2ncnc3ccccc23)c([N+](=O)[O-])c1. The Morgan fingerprint density at radius 3 is 2.73 bits per heavy atom. The molecule has 0 amide bonds. The number of nitro benzene ring substituents is 1. The van der Waals surface area contributed by atoms with Gasteiger partial charge in [-0.3, -0.25) is 10.1 Å². The van der Waals surface area contributed by atoms with Gasteiger partial charge in [0.1, 0.15) is 12.1 Å². The summed E-state index contributed by atoms with van der Waals surface area (Å²) >= 11 is 0. The second-order valence-corrected chi connectivity index (χ2v) is 4.39. The summed E-state index contributed by atoms with van der Waals surface area (Å²) in [5, 5.41) is 11.9. The first-order valence-electron chi connectivity index (χ1n) is 6.39. The van der Waals surface area contributed by atoms with Gasteiger partial charge in [-0.15, -0.1) is 0 Å². The van der Waals surface area contributed by atoms with Crippen LogP contribution in [0.2, 0.25) is 0 Å². The molecule has 0 spiro atoms. The van der Waals surface area contributed by atoms with E-state index in [2.05, 4.69) is 9.97 Å². The fraction of sp³-hybridized carbons (Fsp3) is 0.0667. The second-order valence-electron chi connectivity index (χ2n) is 4.39. The van der Waals surface area contributed by atoms with Crippen LogP contribution in [0.4, 0.5) is 5.69 Å².